The van der Waals surface area contributed by atoms with E-state index in [1.54, 1.807) is 45.2 Å². The number of allylic oxidation sites excluding steroid dienone is 1. The van der Waals surface area contributed by atoms with Crippen molar-refractivity contribution in [3.8, 4) is 0 Å². The number of ether oxygens (including phenoxy) is 3. The van der Waals surface area contributed by atoms with Gasteiger partial charge in [-0.2, -0.15) is 0 Å². The Labute approximate surface area is 287 Å². The highest BCUT2D eigenvalue weighted by Gasteiger charge is 2.43. The molecule has 1 aliphatic rings. The van der Waals surface area contributed by atoms with E-state index >= 15 is 0 Å². The van der Waals surface area contributed by atoms with Gasteiger partial charge in [0.15, 0.2) is 0 Å². The minimum absolute atomic E-state index is 0.0898. The van der Waals surface area contributed by atoms with Crippen LogP contribution >= 0.6 is 23.2 Å². The van der Waals surface area contributed by atoms with Gasteiger partial charge in [0.1, 0.15) is 5.92 Å². The van der Waals surface area contributed by atoms with Gasteiger partial charge in [0.25, 0.3) is 0 Å². The van der Waals surface area contributed by atoms with Crippen molar-refractivity contribution in [1.29, 1.82) is 0 Å². The van der Waals surface area contributed by atoms with Crippen molar-refractivity contribution < 1.29 is 23.8 Å². The van der Waals surface area contributed by atoms with E-state index in [0.29, 0.717) is 35.2 Å². The van der Waals surface area contributed by atoms with E-state index < -0.39 is 29.2 Å². The van der Waals surface area contributed by atoms with Gasteiger partial charge in [-0.25, -0.2) is 4.79 Å². The fourth-order valence-electron chi connectivity index (χ4n) is 5.60. The van der Waals surface area contributed by atoms with Crippen molar-refractivity contribution >= 4 is 46.9 Å². The van der Waals surface area contributed by atoms with E-state index in [1.165, 1.54) is 11.1 Å². The predicted octanol–water partition coefficient (Wildman–Crippen LogP) is 8.68. The van der Waals surface area contributed by atoms with Crippen LogP contribution < -0.4 is 0 Å². The van der Waals surface area contributed by atoms with Gasteiger partial charge in [-0.05, 0) is 74.1 Å². The number of esters is 2. The molecule has 1 aromatic heterocycles. The fourth-order valence-corrected chi connectivity index (χ4v) is 6.03. The molecule has 7 nitrogen and oxygen atoms in total. The first-order chi connectivity index (χ1) is 22.4. The van der Waals surface area contributed by atoms with Gasteiger partial charge in [-0.1, -0.05) is 85.6 Å². The fraction of sp³-hybridized carbons (Fsp3) is 0.368. The smallest absolute Gasteiger partial charge is 0.336 e. The molecule has 0 radical (unpaired) electrons. The largest absolute Gasteiger partial charge is 0.465 e. The van der Waals surface area contributed by atoms with Crippen LogP contribution in [0.2, 0.25) is 10.0 Å². The molecule has 0 N–H and O–H groups in total. The molecule has 3 aromatic rings. The molecule has 2 heterocycles. The Balaban J connectivity index is 1.39. The topological polar surface area (TPSA) is 87.1 Å². The predicted molar refractivity (Wildman–Crippen MR) is 188 cm³/mol. The first-order valence-corrected chi connectivity index (χ1v) is 16.4. The van der Waals surface area contributed by atoms with Gasteiger partial charge in [0, 0.05) is 35.1 Å². The molecule has 4 rings (SSSR count). The number of aliphatic imine (C=N–C) groups is 1. The molecular formula is C38H42Cl2N2O5. The van der Waals surface area contributed by atoms with Crippen LogP contribution in [0.4, 0.5) is 0 Å². The molecule has 248 valence electrons. The highest BCUT2D eigenvalue weighted by atomic mass is 35.5. The number of pyridine rings is 1. The monoisotopic (exact) mass is 676 g/mol. The summed E-state index contributed by atoms with van der Waals surface area (Å²) in [7, 11) is 0. The maximum Gasteiger partial charge on any atom is 0.336 e. The third-order valence-electron chi connectivity index (χ3n) is 7.85. The Bertz CT molecular complexity index is 1660. The lowest BCUT2D eigenvalue weighted by atomic mass is 9.75. The van der Waals surface area contributed by atoms with E-state index in [1.807, 2.05) is 33.0 Å². The van der Waals surface area contributed by atoms with Gasteiger partial charge >= 0.3 is 11.9 Å². The van der Waals surface area contributed by atoms with Crippen molar-refractivity contribution in [2.45, 2.75) is 53.9 Å². The lowest BCUT2D eigenvalue weighted by molar-refractivity contribution is -0.146. The second-order valence-corrected chi connectivity index (χ2v) is 13.4. The van der Waals surface area contributed by atoms with Crippen LogP contribution in [-0.4, -0.2) is 49.1 Å². The minimum Gasteiger partial charge on any atom is -0.465 e. The number of halogens is 2. The number of nitrogens with zero attached hydrogens (tertiary/aromatic N) is 2. The van der Waals surface area contributed by atoms with Crippen LogP contribution in [-0.2, 0) is 30.2 Å². The number of hydrogen-bond acceptors (Lipinski definition) is 7. The van der Waals surface area contributed by atoms with Gasteiger partial charge < -0.3 is 14.2 Å². The molecule has 0 fully saturated rings. The number of aromatic nitrogens is 1. The highest BCUT2D eigenvalue weighted by molar-refractivity contribution is 6.42. The second-order valence-electron chi connectivity index (χ2n) is 12.6. The normalized spacial score (nSPS) is 16.9. The maximum absolute atomic E-state index is 13.7. The summed E-state index contributed by atoms with van der Waals surface area (Å²) in [5.41, 5.74) is 5.83. The Morgan fingerprint density at radius 3 is 2.38 bits per heavy atom. The van der Waals surface area contributed by atoms with Crippen LogP contribution in [0.5, 0.6) is 0 Å². The van der Waals surface area contributed by atoms with Crippen molar-refractivity contribution in [3.05, 3.63) is 116 Å². The van der Waals surface area contributed by atoms with Gasteiger partial charge in [-0.15, -0.1) is 0 Å². The molecule has 0 bridgehead atoms. The maximum atomic E-state index is 13.7. The third kappa shape index (κ3) is 9.63. The van der Waals surface area contributed by atoms with Gasteiger partial charge in [0.2, 0.25) is 0 Å². The Hall–Kier alpha value is -3.78. The standard InChI is InChI=1S/C38H42Cl2N2O5/c1-7-46-36(43)32-25(3)42-26(4)33(34(32)30-11-8-12-31(39)35(30)40)37(44)47-23-38(5,6)22-45-21-24(2)18-27-13-15-28(16-14-27)19-29-10-9-17-41-20-29/h8-18,20,32,34H,7,19,21-23H2,1-6H3. The molecule has 47 heavy (non-hydrogen) atoms. The number of hydrogen-bond donors (Lipinski definition) is 0. The lowest BCUT2D eigenvalue weighted by Crippen LogP contribution is -2.37. The van der Waals surface area contributed by atoms with Crippen molar-refractivity contribution in [3.63, 3.8) is 0 Å². The molecule has 0 saturated carbocycles. The summed E-state index contributed by atoms with van der Waals surface area (Å²) in [6.45, 7) is 12.2. The minimum atomic E-state index is -0.861. The van der Waals surface area contributed by atoms with Crippen LogP contribution in [0.1, 0.15) is 69.7 Å². The van der Waals surface area contributed by atoms with E-state index in [4.69, 9.17) is 37.4 Å². The van der Waals surface area contributed by atoms with Gasteiger partial charge in [-0.3, -0.25) is 14.8 Å². The molecule has 0 spiro atoms. The first kappa shape index (κ1) is 36.1. The van der Waals surface area contributed by atoms with Crippen LogP contribution in [0.3, 0.4) is 0 Å². The van der Waals surface area contributed by atoms with Crippen LogP contribution in [0, 0.1) is 11.3 Å². The number of carbonyl (C=O) groups is 2. The quantitative estimate of drug-likeness (QED) is 0.168. The van der Waals surface area contributed by atoms with E-state index in [9.17, 15) is 9.59 Å². The summed E-state index contributed by atoms with van der Waals surface area (Å²) < 4.78 is 17.3. The summed E-state index contributed by atoms with van der Waals surface area (Å²) >= 11 is 13.0. The number of benzene rings is 2. The summed E-state index contributed by atoms with van der Waals surface area (Å²) in [6, 6.07) is 17.6. The van der Waals surface area contributed by atoms with Crippen molar-refractivity contribution in [2.24, 2.45) is 16.3 Å². The first-order valence-electron chi connectivity index (χ1n) is 15.7. The van der Waals surface area contributed by atoms with Crippen molar-refractivity contribution in [1.82, 2.24) is 4.98 Å². The summed E-state index contributed by atoms with van der Waals surface area (Å²) in [6.07, 6.45) is 6.60. The zero-order chi connectivity index (χ0) is 34.1. The molecule has 0 saturated heterocycles. The zero-order valence-corrected chi connectivity index (χ0v) is 29.3. The molecule has 0 amide bonds. The molecule has 2 aromatic carbocycles. The summed E-state index contributed by atoms with van der Waals surface area (Å²) in [4.78, 5) is 35.7. The van der Waals surface area contributed by atoms with Crippen LogP contribution in [0.25, 0.3) is 6.08 Å². The van der Waals surface area contributed by atoms with E-state index in [-0.39, 0.29) is 23.8 Å². The Morgan fingerprint density at radius 1 is 0.957 bits per heavy atom. The van der Waals surface area contributed by atoms with Crippen molar-refractivity contribution in [2.75, 3.05) is 26.4 Å². The van der Waals surface area contributed by atoms with E-state index in [0.717, 1.165) is 17.6 Å². The molecular weight excluding hydrogens is 635 g/mol. The molecule has 2 atom stereocenters. The average Bonchev–Trinajstić information content (AvgIpc) is 3.02. The average molecular weight is 678 g/mol. The second kappa shape index (κ2) is 16.4. The molecule has 1 aliphatic heterocycles. The van der Waals surface area contributed by atoms with E-state index in [2.05, 4.69) is 46.4 Å². The Kier molecular flexibility index (Phi) is 12.6. The summed E-state index contributed by atoms with van der Waals surface area (Å²) in [5, 5.41) is 0.580. The Morgan fingerprint density at radius 2 is 1.70 bits per heavy atom. The van der Waals surface area contributed by atoms with Crippen LogP contribution in [0.15, 0.2) is 88.8 Å². The number of carbonyl (C=O) groups excluding carboxylic acids is 2. The summed E-state index contributed by atoms with van der Waals surface area (Å²) in [5.74, 6) is -2.71. The van der Waals surface area contributed by atoms with Gasteiger partial charge in [0.05, 0.1) is 42.0 Å². The number of rotatable bonds is 13. The SMILES string of the molecule is CCOC(=O)C1C(C)=NC(C)=C(C(=O)OCC(C)(C)COCC(C)=Cc2ccc(Cc3cccnc3)cc2)C1c1cccc(Cl)c1Cl. The molecule has 0 aliphatic carbocycles. The molecule has 2 unspecified atom stereocenters. The zero-order valence-electron chi connectivity index (χ0n) is 27.8. The molecule has 9 heteroatoms. The highest BCUT2D eigenvalue weighted by Crippen LogP contribution is 2.44. The third-order valence-corrected chi connectivity index (χ3v) is 8.68. The lowest BCUT2D eigenvalue weighted by Gasteiger charge is -2.33.